The van der Waals surface area contributed by atoms with Gasteiger partial charge < -0.3 is 5.73 Å². The van der Waals surface area contributed by atoms with E-state index in [0.29, 0.717) is 17.1 Å². The normalized spacial score (nSPS) is 9.85. The van der Waals surface area contributed by atoms with Gasteiger partial charge in [-0.05, 0) is 0 Å². The van der Waals surface area contributed by atoms with Crippen LogP contribution in [-0.2, 0) is 5.33 Å². The summed E-state index contributed by atoms with van der Waals surface area (Å²) in [5, 5.41) is 0.706. The van der Waals surface area contributed by atoms with Crippen LogP contribution in [0.2, 0.25) is 0 Å². The van der Waals surface area contributed by atoms with Crippen LogP contribution in [0.3, 0.4) is 0 Å². The molecule has 3 nitrogen and oxygen atoms in total. The smallest absolute Gasteiger partial charge is 0.133 e. The molecule has 0 atom stereocenters. The first-order chi connectivity index (χ1) is 5.65. The van der Waals surface area contributed by atoms with Crippen LogP contribution in [0.25, 0.3) is 0 Å². The molecule has 1 heterocycles. The van der Waals surface area contributed by atoms with Crippen molar-refractivity contribution in [2.24, 2.45) is 0 Å². The summed E-state index contributed by atoms with van der Waals surface area (Å²) >= 11 is 3.31. The minimum Gasteiger partial charge on any atom is -0.383 e. The average Bonchev–Trinajstić information content (AvgIpc) is 2.04. The number of rotatable bonds is 2. The maximum atomic E-state index is 5.69. The maximum Gasteiger partial charge on any atom is 0.133 e. The molecular weight excluding hydrogens is 298 g/mol. The van der Waals surface area contributed by atoms with E-state index in [1.54, 1.807) is 6.20 Å². The molecule has 0 aliphatic carbocycles. The van der Waals surface area contributed by atoms with Gasteiger partial charge in [0.15, 0.2) is 0 Å². The van der Waals surface area contributed by atoms with Crippen LogP contribution in [0.5, 0.6) is 0 Å². The van der Waals surface area contributed by atoms with E-state index in [0.717, 1.165) is 11.4 Å². The third-order valence-electron chi connectivity index (χ3n) is 1.58. The minimum absolute atomic E-state index is 0. The van der Waals surface area contributed by atoms with Gasteiger partial charge in [-0.2, -0.15) is 0 Å². The lowest BCUT2D eigenvalue weighted by Crippen LogP contribution is -2.03. The number of halogens is 2. The Hall–Kier alpha value is -0.160. The highest BCUT2D eigenvalue weighted by Crippen LogP contribution is 2.15. The average molecular weight is 311 g/mol. The Morgan fingerprint density at radius 1 is 1.54 bits per heavy atom. The summed E-state index contributed by atoms with van der Waals surface area (Å²) in [4.78, 5) is 8.37. The fourth-order valence-corrected chi connectivity index (χ4v) is 1.25. The third-order valence-corrected chi connectivity index (χ3v) is 2.18. The summed E-state index contributed by atoms with van der Waals surface area (Å²) in [6, 6.07) is 0. The first-order valence-corrected chi connectivity index (χ1v) is 4.94. The largest absolute Gasteiger partial charge is 0.383 e. The first kappa shape index (κ1) is 12.8. The Bertz CT molecular complexity index is 276. The molecule has 1 rings (SSSR count). The summed E-state index contributed by atoms with van der Waals surface area (Å²) in [6.07, 6.45) is 1.77. The second-order valence-corrected chi connectivity index (χ2v) is 3.49. The van der Waals surface area contributed by atoms with Gasteiger partial charge in [-0.25, -0.2) is 9.97 Å². The zero-order valence-electron chi connectivity index (χ0n) is 7.62. The van der Waals surface area contributed by atoms with E-state index in [-0.39, 0.29) is 17.0 Å². The molecule has 0 fully saturated rings. The molecule has 1 aromatic heterocycles. The van der Waals surface area contributed by atoms with E-state index in [1.807, 2.05) is 13.8 Å². The van der Waals surface area contributed by atoms with Crippen LogP contribution in [0.1, 0.15) is 31.2 Å². The summed E-state index contributed by atoms with van der Waals surface area (Å²) < 4.78 is 0. The van der Waals surface area contributed by atoms with Gasteiger partial charge in [-0.3, -0.25) is 0 Å². The first-order valence-electron chi connectivity index (χ1n) is 3.82. The van der Waals surface area contributed by atoms with E-state index in [1.165, 1.54) is 0 Å². The number of hydrogen-bond acceptors (Lipinski definition) is 3. The van der Waals surface area contributed by atoms with Crippen molar-refractivity contribution in [3.8, 4) is 0 Å². The van der Waals surface area contributed by atoms with E-state index in [4.69, 9.17) is 5.73 Å². The van der Waals surface area contributed by atoms with Gasteiger partial charge in [0.25, 0.3) is 0 Å². The number of aromatic nitrogens is 2. The Morgan fingerprint density at radius 3 is 2.54 bits per heavy atom. The van der Waals surface area contributed by atoms with Gasteiger partial charge >= 0.3 is 0 Å². The van der Waals surface area contributed by atoms with Gasteiger partial charge in [0.1, 0.15) is 11.6 Å². The summed E-state index contributed by atoms with van der Waals surface area (Å²) in [6.45, 7) is 4.09. The predicted octanol–water partition coefficient (Wildman–Crippen LogP) is 2.65. The molecule has 0 saturated heterocycles. The zero-order chi connectivity index (χ0) is 9.14. The Kier molecular flexibility index (Phi) is 5.48. The van der Waals surface area contributed by atoms with Crippen LogP contribution in [-0.4, -0.2) is 9.97 Å². The molecule has 0 aromatic carbocycles. The fourth-order valence-electron chi connectivity index (χ4n) is 0.815. The topological polar surface area (TPSA) is 51.8 Å². The second kappa shape index (κ2) is 5.54. The van der Waals surface area contributed by atoms with Crippen molar-refractivity contribution in [1.82, 2.24) is 9.97 Å². The molecular formula is C8H13Br2N3. The van der Waals surface area contributed by atoms with E-state index in [9.17, 15) is 0 Å². The third kappa shape index (κ3) is 3.23. The maximum absolute atomic E-state index is 5.69. The van der Waals surface area contributed by atoms with Crippen molar-refractivity contribution in [3.63, 3.8) is 0 Å². The molecule has 74 valence electrons. The Balaban J connectivity index is 0.00000144. The van der Waals surface area contributed by atoms with E-state index in [2.05, 4.69) is 25.9 Å². The van der Waals surface area contributed by atoms with Gasteiger partial charge in [0.05, 0.1) is 0 Å². The van der Waals surface area contributed by atoms with Crippen molar-refractivity contribution >= 4 is 38.7 Å². The Labute approximate surface area is 97.1 Å². The number of nitrogens with two attached hydrogens (primary N) is 1. The van der Waals surface area contributed by atoms with E-state index >= 15 is 0 Å². The molecule has 0 saturated carbocycles. The molecule has 0 aliphatic heterocycles. The van der Waals surface area contributed by atoms with Gasteiger partial charge in [-0.15, -0.1) is 17.0 Å². The highest BCUT2D eigenvalue weighted by molar-refractivity contribution is 9.08. The highest BCUT2D eigenvalue weighted by Gasteiger charge is 2.05. The van der Waals surface area contributed by atoms with Crippen molar-refractivity contribution in [2.45, 2.75) is 25.1 Å². The van der Waals surface area contributed by atoms with Crippen molar-refractivity contribution in [2.75, 3.05) is 5.73 Å². The number of alkyl halides is 1. The van der Waals surface area contributed by atoms with Gasteiger partial charge in [-0.1, -0.05) is 29.8 Å². The van der Waals surface area contributed by atoms with Gasteiger partial charge in [0.2, 0.25) is 0 Å². The number of anilines is 1. The van der Waals surface area contributed by atoms with Crippen LogP contribution in [0, 0.1) is 0 Å². The molecule has 0 amide bonds. The van der Waals surface area contributed by atoms with Crippen LogP contribution in [0.4, 0.5) is 5.82 Å². The van der Waals surface area contributed by atoms with Crippen LogP contribution >= 0.6 is 32.9 Å². The summed E-state index contributed by atoms with van der Waals surface area (Å²) in [5.41, 5.74) is 6.63. The molecule has 13 heavy (non-hydrogen) atoms. The van der Waals surface area contributed by atoms with Crippen molar-refractivity contribution < 1.29 is 0 Å². The monoisotopic (exact) mass is 309 g/mol. The summed E-state index contributed by atoms with van der Waals surface area (Å²) in [5.74, 6) is 1.71. The molecule has 0 radical (unpaired) electrons. The quantitative estimate of drug-likeness (QED) is 0.854. The molecule has 5 heteroatoms. The predicted molar refractivity (Wildman–Crippen MR) is 63.5 cm³/mol. The van der Waals surface area contributed by atoms with Crippen LogP contribution < -0.4 is 5.73 Å². The molecule has 0 spiro atoms. The van der Waals surface area contributed by atoms with Crippen molar-refractivity contribution in [3.05, 3.63) is 17.6 Å². The van der Waals surface area contributed by atoms with Crippen LogP contribution in [0.15, 0.2) is 6.20 Å². The number of nitrogens with zero attached hydrogens (tertiary/aromatic N) is 2. The van der Waals surface area contributed by atoms with E-state index < -0.39 is 0 Å². The Morgan fingerprint density at radius 2 is 2.15 bits per heavy atom. The molecule has 2 N–H and O–H groups in total. The molecule has 0 aliphatic rings. The zero-order valence-corrected chi connectivity index (χ0v) is 10.9. The van der Waals surface area contributed by atoms with Gasteiger partial charge in [0, 0.05) is 23.0 Å². The lowest BCUT2D eigenvalue weighted by atomic mass is 10.2. The molecule has 1 aromatic rings. The minimum atomic E-state index is 0. The fraction of sp³-hybridized carbons (Fsp3) is 0.500. The number of nitrogen functional groups attached to an aromatic ring is 1. The lowest BCUT2D eigenvalue weighted by molar-refractivity contribution is 0.774. The standard InChI is InChI=1S/C8H12BrN3.BrH/c1-5(2)8-11-4-6(3-9)7(10)12-8;/h4-5H,3H2,1-2H3,(H2,10,11,12);1H. The summed E-state index contributed by atoms with van der Waals surface area (Å²) in [7, 11) is 0. The SMILES string of the molecule is Br.CC(C)c1ncc(CBr)c(N)n1. The number of hydrogen-bond donors (Lipinski definition) is 1. The highest BCUT2D eigenvalue weighted by atomic mass is 79.9. The lowest BCUT2D eigenvalue weighted by Gasteiger charge is -2.05. The molecule has 0 bridgehead atoms. The second-order valence-electron chi connectivity index (χ2n) is 2.93. The molecule has 0 unspecified atom stereocenters. The van der Waals surface area contributed by atoms with Crippen molar-refractivity contribution in [1.29, 1.82) is 0 Å².